The first-order chi connectivity index (χ1) is 15.0. The summed E-state index contributed by atoms with van der Waals surface area (Å²) in [6.45, 7) is 4.20. The number of phenolic OH excluding ortho intramolecular Hbond substituents is 1. The number of phenols is 2. The Hall–Kier alpha value is -2.58. The van der Waals surface area contributed by atoms with Gasteiger partial charge in [-0.25, -0.2) is 4.79 Å². The van der Waals surface area contributed by atoms with E-state index >= 15 is 0 Å². The van der Waals surface area contributed by atoms with Crippen molar-refractivity contribution in [2.75, 3.05) is 5.32 Å². The predicted molar refractivity (Wildman–Crippen MR) is 114 cm³/mol. The molecule has 2 aliphatic heterocycles. The van der Waals surface area contributed by atoms with Crippen LogP contribution in [0, 0.1) is 22.7 Å². The number of carbonyl (C=O) groups is 2. The average molecular weight is 443 g/mol. The quantitative estimate of drug-likeness (QED) is 0.348. The summed E-state index contributed by atoms with van der Waals surface area (Å²) in [7, 11) is 0. The molecule has 4 bridgehead atoms. The Kier molecular flexibility index (Phi) is 4.46. The van der Waals surface area contributed by atoms with Crippen molar-refractivity contribution in [3.8, 4) is 11.5 Å². The predicted octanol–water partition coefficient (Wildman–Crippen LogP) is 3.03. The molecule has 8 nitrogen and oxygen atoms in total. The summed E-state index contributed by atoms with van der Waals surface area (Å²) in [6, 6.07) is 2.18. The number of aliphatic hydroxyl groups excluding tert-OH is 1. The van der Waals surface area contributed by atoms with Crippen LogP contribution in [0.1, 0.15) is 56.3 Å². The van der Waals surface area contributed by atoms with Crippen LogP contribution in [0.15, 0.2) is 24.3 Å². The van der Waals surface area contributed by atoms with E-state index in [1.807, 2.05) is 13.0 Å². The Bertz CT molecular complexity index is 1040. The minimum absolute atomic E-state index is 0.0165. The van der Waals surface area contributed by atoms with Gasteiger partial charge in [-0.15, -0.1) is 0 Å². The fourth-order valence-corrected chi connectivity index (χ4v) is 7.26. The molecule has 0 radical (unpaired) electrons. The maximum Gasteiger partial charge on any atom is 0.339 e. The number of anilines is 1. The van der Waals surface area contributed by atoms with Crippen LogP contribution in [-0.4, -0.2) is 50.1 Å². The van der Waals surface area contributed by atoms with E-state index < -0.39 is 40.5 Å². The van der Waals surface area contributed by atoms with Gasteiger partial charge in [-0.2, -0.15) is 0 Å². The molecule has 4 fully saturated rings. The smallest absolute Gasteiger partial charge is 0.339 e. The van der Waals surface area contributed by atoms with E-state index in [1.54, 1.807) is 0 Å². The van der Waals surface area contributed by atoms with Crippen molar-refractivity contribution in [1.82, 2.24) is 0 Å². The lowest BCUT2D eigenvalue weighted by Gasteiger charge is -2.57. The van der Waals surface area contributed by atoms with Gasteiger partial charge in [-0.3, -0.25) is 4.79 Å². The molecule has 1 aromatic carbocycles. The van der Waals surface area contributed by atoms with Gasteiger partial charge < -0.3 is 30.5 Å². The number of ether oxygens (including phenoxy) is 1. The highest BCUT2D eigenvalue weighted by Crippen LogP contribution is 2.72. The SMILES string of the molecule is C[C@@]1(CCC(=O)Nc2c(O)ccc(C(=O)O)c2O)[C@H](O)C=C[C@]23C[C@H]4C[C@H](O[C@@]4(C)C2)[C@H]31. The lowest BCUT2D eigenvalue weighted by molar-refractivity contribution is -0.179. The molecule has 2 saturated carbocycles. The molecular formula is C24H29NO7. The standard InChI is InChI=1S/C24H29NO7/c1-22(7-6-17(28)25-18-14(26)4-3-13(19(18)29)21(30)31)16(27)5-8-24-10-12-9-15(20(22)24)32-23(12,2)11-24/h3-5,8,12,15-16,20,26-27,29H,6-7,9-11H2,1-2H3,(H,25,28)(H,30,31)/t12-,15+,16-,20+,22-,23+,24+/m1/s1. The normalized spacial score (nSPS) is 41.0. The molecule has 32 heavy (non-hydrogen) atoms. The molecular weight excluding hydrogens is 414 g/mol. The van der Waals surface area contributed by atoms with E-state index in [-0.39, 0.29) is 35.1 Å². The molecule has 7 atom stereocenters. The number of allylic oxidation sites excluding steroid dienone is 1. The molecule has 172 valence electrons. The zero-order chi connectivity index (χ0) is 23.1. The largest absolute Gasteiger partial charge is 0.506 e. The number of aromatic carboxylic acids is 1. The van der Waals surface area contributed by atoms with Crippen molar-refractivity contribution < 1.29 is 34.8 Å². The van der Waals surface area contributed by atoms with Crippen LogP contribution >= 0.6 is 0 Å². The molecule has 1 amide bonds. The van der Waals surface area contributed by atoms with E-state index in [2.05, 4.69) is 18.3 Å². The summed E-state index contributed by atoms with van der Waals surface area (Å²) >= 11 is 0. The van der Waals surface area contributed by atoms with E-state index in [1.165, 1.54) is 0 Å². The third kappa shape index (κ3) is 2.82. The Morgan fingerprint density at radius 1 is 1.25 bits per heavy atom. The molecule has 1 aromatic rings. The molecule has 3 aliphatic carbocycles. The number of amides is 1. The summed E-state index contributed by atoms with van der Waals surface area (Å²) in [6.07, 6.45) is 6.78. The number of hydrogen-bond donors (Lipinski definition) is 5. The van der Waals surface area contributed by atoms with E-state index in [9.17, 15) is 24.9 Å². The Labute approximate surface area is 185 Å². The first kappa shape index (κ1) is 21.3. The van der Waals surface area contributed by atoms with Gasteiger partial charge in [0, 0.05) is 17.8 Å². The van der Waals surface area contributed by atoms with Crippen LogP contribution in [0.5, 0.6) is 11.5 Å². The third-order valence-corrected chi connectivity index (χ3v) is 8.64. The molecule has 5 aliphatic rings. The van der Waals surface area contributed by atoms with Crippen LogP contribution in [0.3, 0.4) is 0 Å². The van der Waals surface area contributed by atoms with Gasteiger partial charge in [-0.05, 0) is 56.1 Å². The second-order valence-corrected chi connectivity index (χ2v) is 10.5. The van der Waals surface area contributed by atoms with Gasteiger partial charge >= 0.3 is 5.97 Å². The second kappa shape index (κ2) is 6.71. The first-order valence-electron chi connectivity index (χ1n) is 11.1. The zero-order valence-corrected chi connectivity index (χ0v) is 18.2. The highest BCUT2D eigenvalue weighted by atomic mass is 16.5. The van der Waals surface area contributed by atoms with Gasteiger partial charge in [0.05, 0.1) is 17.8 Å². The van der Waals surface area contributed by atoms with Crippen molar-refractivity contribution >= 4 is 17.6 Å². The van der Waals surface area contributed by atoms with Gasteiger partial charge in [0.25, 0.3) is 0 Å². The number of aromatic hydroxyl groups is 2. The Balaban J connectivity index is 1.35. The molecule has 5 N–H and O–H groups in total. The van der Waals surface area contributed by atoms with Gasteiger partial charge in [0.2, 0.25) is 5.91 Å². The lowest BCUT2D eigenvalue weighted by Crippen LogP contribution is -2.57. The van der Waals surface area contributed by atoms with Gasteiger partial charge in [0.15, 0.2) is 5.75 Å². The summed E-state index contributed by atoms with van der Waals surface area (Å²) in [4.78, 5) is 24.0. The third-order valence-electron chi connectivity index (χ3n) is 8.64. The number of carboxylic acid groups (broad SMARTS) is 1. The molecule has 0 aromatic heterocycles. The summed E-state index contributed by atoms with van der Waals surface area (Å²) in [5.74, 6) is -2.32. The number of carboxylic acids is 1. The monoisotopic (exact) mass is 443 g/mol. The van der Waals surface area contributed by atoms with Crippen LogP contribution in [0.25, 0.3) is 0 Å². The highest BCUT2D eigenvalue weighted by Gasteiger charge is 2.71. The number of hydrogen-bond acceptors (Lipinski definition) is 6. The fourth-order valence-electron chi connectivity index (χ4n) is 7.26. The first-order valence-corrected chi connectivity index (χ1v) is 11.1. The average Bonchev–Trinajstić information content (AvgIpc) is 3.08. The van der Waals surface area contributed by atoms with Crippen molar-refractivity contribution in [1.29, 1.82) is 0 Å². The molecule has 8 heteroatoms. The number of carbonyl (C=O) groups excluding carboxylic acids is 1. The minimum atomic E-state index is -1.37. The minimum Gasteiger partial charge on any atom is -0.506 e. The van der Waals surface area contributed by atoms with E-state index in [0.717, 1.165) is 31.4 Å². The maximum absolute atomic E-state index is 12.7. The summed E-state index contributed by atoms with van der Waals surface area (Å²) in [5, 5.41) is 42.7. The van der Waals surface area contributed by atoms with Crippen molar-refractivity contribution in [3.05, 3.63) is 29.8 Å². The molecule has 2 heterocycles. The Morgan fingerprint density at radius 3 is 2.69 bits per heavy atom. The van der Waals surface area contributed by atoms with Crippen LogP contribution in [0.4, 0.5) is 5.69 Å². The van der Waals surface area contributed by atoms with Crippen LogP contribution in [0.2, 0.25) is 0 Å². The number of nitrogens with one attached hydrogen (secondary N) is 1. The van der Waals surface area contributed by atoms with E-state index in [4.69, 9.17) is 9.84 Å². The van der Waals surface area contributed by atoms with Gasteiger partial charge in [0.1, 0.15) is 17.0 Å². The zero-order valence-electron chi connectivity index (χ0n) is 18.2. The molecule has 0 unspecified atom stereocenters. The molecule has 6 rings (SSSR count). The van der Waals surface area contributed by atoms with Crippen LogP contribution < -0.4 is 5.32 Å². The number of benzene rings is 1. The summed E-state index contributed by atoms with van der Waals surface area (Å²) < 4.78 is 6.45. The molecule has 2 saturated heterocycles. The maximum atomic E-state index is 12.7. The van der Waals surface area contributed by atoms with Gasteiger partial charge in [-0.1, -0.05) is 19.1 Å². The number of rotatable bonds is 5. The van der Waals surface area contributed by atoms with Crippen molar-refractivity contribution in [3.63, 3.8) is 0 Å². The molecule has 1 spiro atoms. The van der Waals surface area contributed by atoms with E-state index in [0.29, 0.717) is 12.3 Å². The fraction of sp³-hybridized carbons (Fsp3) is 0.583. The highest BCUT2D eigenvalue weighted by molar-refractivity contribution is 5.99. The van der Waals surface area contributed by atoms with Crippen molar-refractivity contribution in [2.24, 2.45) is 22.7 Å². The van der Waals surface area contributed by atoms with Crippen molar-refractivity contribution in [2.45, 2.75) is 63.8 Å². The Morgan fingerprint density at radius 2 is 2.00 bits per heavy atom. The topological polar surface area (TPSA) is 136 Å². The lowest BCUT2D eigenvalue weighted by atomic mass is 9.50. The second-order valence-electron chi connectivity index (χ2n) is 10.5. The van der Waals surface area contributed by atoms with Crippen LogP contribution in [-0.2, 0) is 9.53 Å². The summed E-state index contributed by atoms with van der Waals surface area (Å²) in [5.41, 5.74) is -1.42. The number of aliphatic hydroxyl groups is 1.